The van der Waals surface area contributed by atoms with E-state index < -0.39 is 11.9 Å². The molecule has 2 heterocycles. The van der Waals surface area contributed by atoms with Gasteiger partial charge >= 0.3 is 5.97 Å². The van der Waals surface area contributed by atoms with Crippen molar-refractivity contribution in [3.8, 4) is 0 Å². The van der Waals surface area contributed by atoms with Crippen LogP contribution in [-0.2, 0) is 4.74 Å². The van der Waals surface area contributed by atoms with Crippen LogP contribution in [0.4, 0.5) is 5.69 Å². The van der Waals surface area contributed by atoms with Crippen LogP contribution >= 0.6 is 11.6 Å². The van der Waals surface area contributed by atoms with E-state index in [1.807, 2.05) is 0 Å². The number of pyridine rings is 1. The van der Waals surface area contributed by atoms with Gasteiger partial charge in [0.2, 0.25) is 0 Å². The van der Waals surface area contributed by atoms with Crippen molar-refractivity contribution in [1.29, 1.82) is 0 Å². The molecule has 3 rings (SSSR count). The van der Waals surface area contributed by atoms with E-state index in [1.54, 1.807) is 11.0 Å². The number of carbonyl (C=O) groups is 3. The molecule has 1 fully saturated rings. The summed E-state index contributed by atoms with van der Waals surface area (Å²) >= 11 is 6.10. The van der Waals surface area contributed by atoms with Crippen molar-refractivity contribution in [2.24, 2.45) is 0 Å². The van der Waals surface area contributed by atoms with Crippen LogP contribution in [0.3, 0.4) is 0 Å². The minimum atomic E-state index is -0.543. The zero-order chi connectivity index (χ0) is 19.4. The first-order chi connectivity index (χ1) is 13.0. The number of rotatable bonds is 4. The van der Waals surface area contributed by atoms with E-state index in [0.29, 0.717) is 5.56 Å². The van der Waals surface area contributed by atoms with Crippen LogP contribution in [0.15, 0.2) is 36.5 Å². The SMILES string of the molecule is COC(=O)c1ccc(Cl)c(NC(=O)c2cc(C(=O)N3CCCC3)ccn2)c1. The second-order valence-electron chi connectivity index (χ2n) is 6.07. The Balaban J connectivity index is 1.79. The molecule has 1 aliphatic heterocycles. The molecular formula is C19H18ClN3O4. The van der Waals surface area contributed by atoms with E-state index in [0.717, 1.165) is 25.9 Å². The minimum Gasteiger partial charge on any atom is -0.465 e. The Bertz CT molecular complexity index is 894. The van der Waals surface area contributed by atoms with Crippen LogP contribution in [0.25, 0.3) is 0 Å². The molecule has 27 heavy (non-hydrogen) atoms. The second kappa shape index (κ2) is 8.18. The Labute approximate surface area is 161 Å². The summed E-state index contributed by atoms with van der Waals surface area (Å²) in [6.07, 6.45) is 3.39. The van der Waals surface area contributed by atoms with Crippen molar-refractivity contribution in [3.05, 3.63) is 58.4 Å². The molecule has 2 aromatic rings. The van der Waals surface area contributed by atoms with Gasteiger partial charge in [-0.05, 0) is 43.2 Å². The molecule has 0 radical (unpaired) electrons. The Morgan fingerprint density at radius 1 is 1.11 bits per heavy atom. The lowest BCUT2D eigenvalue weighted by atomic mass is 10.1. The van der Waals surface area contributed by atoms with Gasteiger partial charge in [-0.2, -0.15) is 0 Å². The number of hydrogen-bond donors (Lipinski definition) is 1. The maximum absolute atomic E-state index is 12.5. The monoisotopic (exact) mass is 387 g/mol. The number of esters is 1. The fraction of sp³-hybridized carbons (Fsp3) is 0.263. The van der Waals surface area contributed by atoms with Crippen LogP contribution in [0.2, 0.25) is 5.02 Å². The highest BCUT2D eigenvalue weighted by molar-refractivity contribution is 6.34. The van der Waals surface area contributed by atoms with Gasteiger partial charge in [-0.25, -0.2) is 4.79 Å². The summed E-state index contributed by atoms with van der Waals surface area (Å²) in [6.45, 7) is 1.44. The molecule has 2 amide bonds. The van der Waals surface area contributed by atoms with Gasteiger partial charge in [-0.3, -0.25) is 14.6 Å². The number of amides is 2. The number of benzene rings is 1. The number of likely N-dealkylation sites (tertiary alicyclic amines) is 1. The summed E-state index contributed by atoms with van der Waals surface area (Å²) < 4.78 is 4.66. The molecular weight excluding hydrogens is 370 g/mol. The van der Waals surface area contributed by atoms with E-state index in [-0.39, 0.29) is 27.9 Å². The number of halogens is 1. The van der Waals surface area contributed by atoms with Gasteiger partial charge in [0.15, 0.2) is 0 Å². The molecule has 1 saturated heterocycles. The van der Waals surface area contributed by atoms with Gasteiger partial charge < -0.3 is 15.0 Å². The first kappa shape index (κ1) is 18.8. The van der Waals surface area contributed by atoms with Crippen molar-refractivity contribution in [2.45, 2.75) is 12.8 Å². The summed E-state index contributed by atoms with van der Waals surface area (Å²) in [5.41, 5.74) is 0.997. The van der Waals surface area contributed by atoms with E-state index in [4.69, 9.17) is 11.6 Å². The van der Waals surface area contributed by atoms with Crippen LogP contribution in [0, 0.1) is 0 Å². The predicted octanol–water partition coefficient (Wildman–Crippen LogP) is 3.01. The fourth-order valence-corrected chi connectivity index (χ4v) is 3.01. The number of methoxy groups -OCH3 is 1. The van der Waals surface area contributed by atoms with Gasteiger partial charge in [0.1, 0.15) is 5.69 Å². The smallest absolute Gasteiger partial charge is 0.337 e. The van der Waals surface area contributed by atoms with Gasteiger partial charge in [0, 0.05) is 24.8 Å². The fourth-order valence-electron chi connectivity index (χ4n) is 2.84. The van der Waals surface area contributed by atoms with Crippen molar-refractivity contribution < 1.29 is 19.1 Å². The number of aromatic nitrogens is 1. The van der Waals surface area contributed by atoms with Gasteiger partial charge in [0.05, 0.1) is 23.4 Å². The summed E-state index contributed by atoms with van der Waals surface area (Å²) in [7, 11) is 1.27. The molecule has 1 aromatic heterocycles. The topological polar surface area (TPSA) is 88.6 Å². The van der Waals surface area contributed by atoms with E-state index >= 15 is 0 Å². The Morgan fingerprint density at radius 3 is 2.56 bits per heavy atom. The third-order valence-electron chi connectivity index (χ3n) is 4.27. The van der Waals surface area contributed by atoms with Crippen molar-refractivity contribution >= 4 is 35.1 Å². The maximum atomic E-state index is 12.5. The molecule has 0 atom stereocenters. The number of nitrogens with one attached hydrogen (secondary N) is 1. The van der Waals surface area contributed by atoms with Crippen LogP contribution in [0.1, 0.15) is 44.0 Å². The van der Waals surface area contributed by atoms with Crippen LogP contribution in [-0.4, -0.2) is 47.9 Å². The number of carbonyl (C=O) groups excluding carboxylic acids is 3. The molecule has 7 nitrogen and oxygen atoms in total. The van der Waals surface area contributed by atoms with Crippen molar-refractivity contribution in [1.82, 2.24) is 9.88 Å². The molecule has 0 unspecified atom stereocenters. The van der Waals surface area contributed by atoms with E-state index in [2.05, 4.69) is 15.0 Å². The first-order valence-electron chi connectivity index (χ1n) is 8.44. The normalized spacial score (nSPS) is 13.3. The van der Waals surface area contributed by atoms with Gasteiger partial charge in [-0.1, -0.05) is 11.6 Å². The zero-order valence-electron chi connectivity index (χ0n) is 14.7. The number of anilines is 1. The van der Waals surface area contributed by atoms with Gasteiger partial charge in [0.25, 0.3) is 11.8 Å². The summed E-state index contributed by atoms with van der Waals surface area (Å²) in [4.78, 5) is 42.5. The molecule has 1 aromatic carbocycles. The lowest BCUT2D eigenvalue weighted by molar-refractivity contribution is 0.0600. The highest BCUT2D eigenvalue weighted by Crippen LogP contribution is 2.24. The third kappa shape index (κ3) is 4.25. The van der Waals surface area contributed by atoms with Crippen LogP contribution < -0.4 is 5.32 Å². The van der Waals surface area contributed by atoms with Gasteiger partial charge in [-0.15, -0.1) is 0 Å². The second-order valence-corrected chi connectivity index (χ2v) is 6.48. The molecule has 0 bridgehead atoms. The zero-order valence-corrected chi connectivity index (χ0v) is 15.5. The lowest BCUT2D eigenvalue weighted by Crippen LogP contribution is -2.28. The summed E-state index contributed by atoms with van der Waals surface area (Å²) in [5, 5.41) is 2.88. The first-order valence-corrected chi connectivity index (χ1v) is 8.82. The molecule has 1 N–H and O–H groups in total. The number of ether oxygens (including phenoxy) is 1. The molecule has 8 heteroatoms. The van der Waals surface area contributed by atoms with Crippen molar-refractivity contribution in [2.75, 3.05) is 25.5 Å². The largest absolute Gasteiger partial charge is 0.465 e. The summed E-state index contributed by atoms with van der Waals surface area (Å²) in [5.74, 6) is -1.19. The quantitative estimate of drug-likeness (QED) is 0.814. The number of nitrogens with zero attached hydrogens (tertiary/aromatic N) is 2. The molecule has 0 aliphatic carbocycles. The predicted molar refractivity (Wildman–Crippen MR) is 100 cm³/mol. The highest BCUT2D eigenvalue weighted by Gasteiger charge is 2.21. The molecule has 140 valence electrons. The molecule has 1 aliphatic rings. The third-order valence-corrected chi connectivity index (χ3v) is 4.60. The standard InChI is InChI=1S/C19H18ClN3O4/c1-27-19(26)13-4-5-14(20)15(11-13)22-17(24)16-10-12(6-7-21-16)18(25)23-8-2-3-9-23/h4-7,10-11H,2-3,8-9H2,1H3,(H,22,24). The minimum absolute atomic E-state index is 0.0829. The summed E-state index contributed by atoms with van der Waals surface area (Å²) in [6, 6.07) is 7.45. The number of hydrogen-bond acceptors (Lipinski definition) is 5. The maximum Gasteiger partial charge on any atom is 0.337 e. The Kier molecular flexibility index (Phi) is 5.71. The van der Waals surface area contributed by atoms with E-state index in [1.165, 1.54) is 37.6 Å². The lowest BCUT2D eigenvalue weighted by Gasteiger charge is -2.15. The van der Waals surface area contributed by atoms with Crippen molar-refractivity contribution in [3.63, 3.8) is 0 Å². The van der Waals surface area contributed by atoms with Crippen LogP contribution in [0.5, 0.6) is 0 Å². The Morgan fingerprint density at radius 2 is 1.85 bits per heavy atom. The molecule has 0 saturated carbocycles. The molecule has 0 spiro atoms. The van der Waals surface area contributed by atoms with E-state index in [9.17, 15) is 14.4 Å². The Hall–Kier alpha value is -2.93. The average Bonchev–Trinajstić information content (AvgIpc) is 3.23. The highest BCUT2D eigenvalue weighted by atomic mass is 35.5. The average molecular weight is 388 g/mol.